The van der Waals surface area contributed by atoms with Gasteiger partial charge in [0.15, 0.2) is 0 Å². The highest BCUT2D eigenvalue weighted by molar-refractivity contribution is 7.90. The molecule has 1 aliphatic rings. The van der Waals surface area contributed by atoms with E-state index in [9.17, 15) is 13.2 Å². The maximum Gasteiger partial charge on any atom is 0.240 e. The Hall–Kier alpha value is -0.920. The summed E-state index contributed by atoms with van der Waals surface area (Å²) < 4.78 is 22.3. The van der Waals surface area contributed by atoms with E-state index in [2.05, 4.69) is 0 Å². The highest BCUT2D eigenvalue weighted by atomic mass is 32.2. The standard InChI is InChI=1S/C13H20N2O3S2/c1-20(17,18)8-6-12(14)13(16)15(10-4-5-10)9-11-3-2-7-19-11/h2-3,7,10,12H,4-6,8-9,14H2,1H3. The third kappa shape index (κ3) is 4.57. The van der Waals surface area contributed by atoms with Gasteiger partial charge in [0, 0.05) is 17.2 Å². The van der Waals surface area contributed by atoms with Gasteiger partial charge in [0.1, 0.15) is 9.84 Å². The van der Waals surface area contributed by atoms with Crippen LogP contribution in [-0.2, 0) is 21.2 Å². The van der Waals surface area contributed by atoms with Gasteiger partial charge in [0.2, 0.25) is 5.91 Å². The summed E-state index contributed by atoms with van der Waals surface area (Å²) >= 11 is 1.61. The topological polar surface area (TPSA) is 80.5 Å². The van der Waals surface area contributed by atoms with Crippen LogP contribution >= 0.6 is 11.3 Å². The quantitative estimate of drug-likeness (QED) is 0.814. The number of rotatable bonds is 7. The maximum absolute atomic E-state index is 12.4. The first kappa shape index (κ1) is 15.5. The van der Waals surface area contributed by atoms with Crippen molar-refractivity contribution in [1.82, 2.24) is 4.90 Å². The average Bonchev–Trinajstić information content (AvgIpc) is 3.08. The van der Waals surface area contributed by atoms with Crippen LogP contribution in [-0.4, -0.2) is 43.3 Å². The summed E-state index contributed by atoms with van der Waals surface area (Å²) in [6, 6.07) is 3.49. The molecule has 0 spiro atoms. The van der Waals surface area contributed by atoms with Crippen LogP contribution in [0.5, 0.6) is 0 Å². The predicted molar refractivity (Wildman–Crippen MR) is 80.2 cm³/mol. The number of carbonyl (C=O) groups is 1. The SMILES string of the molecule is CS(=O)(=O)CCC(N)C(=O)N(Cc1cccs1)C1CC1. The molecule has 2 rings (SSSR count). The fourth-order valence-corrected chi connectivity index (χ4v) is 3.41. The zero-order valence-electron chi connectivity index (χ0n) is 11.5. The van der Waals surface area contributed by atoms with Crippen LogP contribution in [0.25, 0.3) is 0 Å². The second kappa shape index (κ2) is 6.24. The van der Waals surface area contributed by atoms with Gasteiger partial charge in [0.05, 0.1) is 18.3 Å². The second-order valence-corrected chi connectivity index (χ2v) is 8.59. The zero-order valence-corrected chi connectivity index (χ0v) is 13.1. The molecular formula is C13H20N2O3S2. The molecule has 0 radical (unpaired) electrons. The molecule has 0 bridgehead atoms. The lowest BCUT2D eigenvalue weighted by atomic mass is 10.2. The summed E-state index contributed by atoms with van der Waals surface area (Å²) in [7, 11) is -3.08. The Morgan fingerprint density at radius 1 is 1.55 bits per heavy atom. The molecule has 7 heteroatoms. The first-order valence-electron chi connectivity index (χ1n) is 6.63. The molecule has 2 N–H and O–H groups in total. The van der Waals surface area contributed by atoms with Crippen molar-refractivity contribution in [3.8, 4) is 0 Å². The summed E-state index contributed by atoms with van der Waals surface area (Å²) in [4.78, 5) is 15.3. The van der Waals surface area contributed by atoms with Crippen molar-refractivity contribution in [3.05, 3.63) is 22.4 Å². The highest BCUT2D eigenvalue weighted by Gasteiger charge is 2.35. The Labute approximate surface area is 123 Å². The van der Waals surface area contributed by atoms with E-state index in [-0.39, 0.29) is 24.1 Å². The lowest BCUT2D eigenvalue weighted by Crippen LogP contribution is -2.45. The number of hydrogen-bond donors (Lipinski definition) is 1. The minimum Gasteiger partial charge on any atom is -0.333 e. The van der Waals surface area contributed by atoms with Crippen molar-refractivity contribution >= 4 is 27.1 Å². The first-order chi connectivity index (χ1) is 9.37. The Kier molecular flexibility index (Phi) is 4.82. The zero-order chi connectivity index (χ0) is 14.8. The lowest BCUT2D eigenvalue weighted by Gasteiger charge is -2.25. The van der Waals surface area contributed by atoms with Gasteiger partial charge in [-0.15, -0.1) is 11.3 Å². The number of thiophene rings is 1. The van der Waals surface area contributed by atoms with Gasteiger partial charge in [-0.1, -0.05) is 6.07 Å². The van der Waals surface area contributed by atoms with Crippen molar-refractivity contribution < 1.29 is 13.2 Å². The third-order valence-corrected chi connectivity index (χ3v) is 5.13. The van der Waals surface area contributed by atoms with Gasteiger partial charge >= 0.3 is 0 Å². The second-order valence-electron chi connectivity index (χ2n) is 5.30. The van der Waals surface area contributed by atoms with E-state index in [1.807, 2.05) is 17.5 Å². The Balaban J connectivity index is 1.96. The van der Waals surface area contributed by atoms with E-state index >= 15 is 0 Å². The van der Waals surface area contributed by atoms with Crippen LogP contribution in [0, 0.1) is 0 Å². The van der Waals surface area contributed by atoms with Crippen molar-refractivity contribution in [2.75, 3.05) is 12.0 Å². The molecule has 1 aromatic heterocycles. The largest absolute Gasteiger partial charge is 0.333 e. The first-order valence-corrected chi connectivity index (χ1v) is 9.57. The maximum atomic E-state index is 12.4. The molecular weight excluding hydrogens is 296 g/mol. The van der Waals surface area contributed by atoms with Crippen LogP contribution in [0.4, 0.5) is 0 Å². The summed E-state index contributed by atoms with van der Waals surface area (Å²) in [6.07, 6.45) is 3.37. The Morgan fingerprint density at radius 3 is 2.75 bits per heavy atom. The van der Waals surface area contributed by atoms with E-state index in [4.69, 9.17) is 5.73 Å². The molecule has 5 nitrogen and oxygen atoms in total. The van der Waals surface area contributed by atoms with E-state index in [1.165, 1.54) is 0 Å². The minimum absolute atomic E-state index is 0.0442. The molecule has 1 heterocycles. The number of nitrogens with two attached hydrogens (primary N) is 1. The van der Waals surface area contributed by atoms with Crippen molar-refractivity contribution in [3.63, 3.8) is 0 Å². The summed E-state index contributed by atoms with van der Waals surface area (Å²) in [6.45, 7) is 0.577. The number of sulfone groups is 1. The normalized spacial score (nSPS) is 16.9. The lowest BCUT2D eigenvalue weighted by molar-refractivity contribution is -0.133. The number of hydrogen-bond acceptors (Lipinski definition) is 5. The van der Waals surface area contributed by atoms with Crippen LogP contribution in [0.2, 0.25) is 0 Å². The third-order valence-electron chi connectivity index (χ3n) is 3.29. The molecule has 1 aromatic rings. The summed E-state index contributed by atoms with van der Waals surface area (Å²) in [5, 5.41) is 1.98. The molecule has 1 saturated carbocycles. The highest BCUT2D eigenvalue weighted by Crippen LogP contribution is 2.29. The number of carbonyl (C=O) groups excluding carboxylic acids is 1. The van der Waals surface area contributed by atoms with Crippen LogP contribution in [0.15, 0.2) is 17.5 Å². The van der Waals surface area contributed by atoms with Crippen LogP contribution in [0.3, 0.4) is 0 Å². The smallest absolute Gasteiger partial charge is 0.240 e. The molecule has 1 unspecified atom stereocenters. The van der Waals surface area contributed by atoms with Gasteiger partial charge in [-0.25, -0.2) is 8.42 Å². The minimum atomic E-state index is -3.08. The molecule has 0 aromatic carbocycles. The monoisotopic (exact) mass is 316 g/mol. The van der Waals surface area contributed by atoms with E-state index < -0.39 is 15.9 Å². The average molecular weight is 316 g/mol. The van der Waals surface area contributed by atoms with E-state index in [0.717, 1.165) is 24.0 Å². The molecule has 1 fully saturated rings. The molecule has 1 aliphatic carbocycles. The fraction of sp³-hybridized carbons (Fsp3) is 0.615. The van der Waals surface area contributed by atoms with Crippen LogP contribution < -0.4 is 5.73 Å². The van der Waals surface area contributed by atoms with Crippen LogP contribution in [0.1, 0.15) is 24.1 Å². The van der Waals surface area contributed by atoms with Crippen molar-refractivity contribution in [2.45, 2.75) is 37.9 Å². The molecule has 0 aliphatic heterocycles. The van der Waals surface area contributed by atoms with Gasteiger partial charge in [-0.3, -0.25) is 4.79 Å². The number of nitrogens with zero attached hydrogens (tertiary/aromatic N) is 1. The number of amides is 1. The molecule has 1 amide bonds. The van der Waals surface area contributed by atoms with Gasteiger partial charge in [0.25, 0.3) is 0 Å². The summed E-state index contributed by atoms with van der Waals surface area (Å²) in [5.41, 5.74) is 5.87. The van der Waals surface area contributed by atoms with Gasteiger partial charge < -0.3 is 10.6 Å². The Morgan fingerprint density at radius 2 is 2.25 bits per heavy atom. The van der Waals surface area contributed by atoms with E-state index in [1.54, 1.807) is 16.2 Å². The Bertz CT molecular complexity index is 550. The summed E-state index contributed by atoms with van der Waals surface area (Å²) in [5.74, 6) is -0.179. The molecule has 20 heavy (non-hydrogen) atoms. The predicted octanol–water partition coefficient (Wildman–Crippen LogP) is 1.00. The van der Waals surface area contributed by atoms with Crippen molar-refractivity contribution in [1.29, 1.82) is 0 Å². The van der Waals surface area contributed by atoms with Crippen molar-refractivity contribution in [2.24, 2.45) is 5.73 Å². The molecule has 112 valence electrons. The van der Waals surface area contributed by atoms with E-state index in [0.29, 0.717) is 6.54 Å². The molecule has 1 atom stereocenters. The fourth-order valence-electron chi connectivity index (χ4n) is 2.02. The van der Waals surface area contributed by atoms with Gasteiger partial charge in [-0.05, 0) is 30.7 Å². The molecule has 0 saturated heterocycles. The van der Waals surface area contributed by atoms with Gasteiger partial charge in [-0.2, -0.15) is 0 Å².